The first-order valence-electron chi connectivity index (χ1n) is 10.2. The van der Waals surface area contributed by atoms with Gasteiger partial charge >= 0.3 is 0 Å². The fraction of sp³-hybridized carbons (Fsp3) is 0.476. The number of nitrogens with zero attached hydrogens (tertiary/aromatic N) is 5. The van der Waals surface area contributed by atoms with Crippen molar-refractivity contribution in [2.75, 3.05) is 38.2 Å². The highest BCUT2D eigenvalue weighted by molar-refractivity contribution is 5.85. The van der Waals surface area contributed by atoms with E-state index >= 15 is 0 Å². The maximum Gasteiger partial charge on any atom is 0.245 e. The highest BCUT2D eigenvalue weighted by Gasteiger charge is 2.56. The maximum absolute atomic E-state index is 13.7. The van der Waals surface area contributed by atoms with Gasteiger partial charge in [0.25, 0.3) is 0 Å². The van der Waals surface area contributed by atoms with Crippen LogP contribution in [0.25, 0.3) is 0 Å². The van der Waals surface area contributed by atoms with Gasteiger partial charge in [0.2, 0.25) is 17.7 Å². The van der Waals surface area contributed by atoms with Gasteiger partial charge in [-0.15, -0.1) is 0 Å². The molecule has 1 atom stereocenters. The minimum Gasteiger partial charge on any atom is -0.481 e. The molecule has 1 spiro atoms. The molecule has 1 amide bonds. The van der Waals surface area contributed by atoms with Crippen LogP contribution in [0.15, 0.2) is 30.5 Å². The zero-order valence-electron chi connectivity index (χ0n) is 16.7. The van der Waals surface area contributed by atoms with Crippen LogP contribution in [0.4, 0.5) is 14.7 Å². The number of rotatable bonds is 3. The van der Waals surface area contributed by atoms with Crippen molar-refractivity contribution in [2.45, 2.75) is 25.3 Å². The number of aromatic nitrogens is 2. The second-order valence-electron chi connectivity index (χ2n) is 8.21. The minimum absolute atomic E-state index is 0.0564. The molecule has 30 heavy (non-hydrogen) atoms. The number of carbonyl (C=O) groups excluding carboxylic acids is 1. The average molecular weight is 415 g/mol. The molecule has 5 rings (SSSR count). The van der Waals surface area contributed by atoms with E-state index in [-0.39, 0.29) is 11.9 Å². The quantitative estimate of drug-likeness (QED) is 0.768. The molecule has 7 nitrogen and oxygen atoms in total. The van der Waals surface area contributed by atoms with E-state index < -0.39 is 17.0 Å². The lowest BCUT2D eigenvalue weighted by Gasteiger charge is -2.37. The van der Waals surface area contributed by atoms with E-state index in [1.807, 2.05) is 5.01 Å². The predicted octanol–water partition coefficient (Wildman–Crippen LogP) is 2.55. The number of methoxy groups -OCH3 is 1. The summed E-state index contributed by atoms with van der Waals surface area (Å²) in [5, 5.41) is 3.79. The highest BCUT2D eigenvalue weighted by atomic mass is 19.1. The number of amides is 1. The smallest absolute Gasteiger partial charge is 0.245 e. The molecule has 3 aliphatic heterocycles. The topological polar surface area (TPSA) is 61.8 Å². The van der Waals surface area contributed by atoms with Gasteiger partial charge in [0.05, 0.1) is 18.6 Å². The molecule has 0 N–H and O–H groups in total. The summed E-state index contributed by atoms with van der Waals surface area (Å²) in [6, 6.07) is 4.91. The Balaban J connectivity index is 1.33. The number of hydrogen-bond acceptors (Lipinski definition) is 6. The van der Waals surface area contributed by atoms with Crippen LogP contribution in [0.3, 0.4) is 0 Å². The zero-order valence-corrected chi connectivity index (χ0v) is 16.7. The van der Waals surface area contributed by atoms with Crippen LogP contribution in [0, 0.1) is 17.0 Å². The molecular weight excluding hydrogens is 392 g/mol. The maximum atomic E-state index is 13.7. The number of fused-ring (bicyclic) bond motifs is 1. The molecule has 158 valence electrons. The zero-order chi connectivity index (χ0) is 20.9. The van der Waals surface area contributed by atoms with E-state index in [1.165, 1.54) is 12.1 Å². The van der Waals surface area contributed by atoms with Crippen LogP contribution in [0.5, 0.6) is 5.88 Å². The summed E-state index contributed by atoms with van der Waals surface area (Å²) in [4.78, 5) is 24.3. The van der Waals surface area contributed by atoms with E-state index in [0.29, 0.717) is 62.8 Å². The molecule has 4 heterocycles. The fourth-order valence-electron chi connectivity index (χ4n) is 4.96. The van der Waals surface area contributed by atoms with Crippen molar-refractivity contribution in [1.82, 2.24) is 20.0 Å². The Morgan fingerprint density at radius 2 is 1.87 bits per heavy atom. The molecule has 9 heteroatoms. The number of anilines is 1. The van der Waals surface area contributed by atoms with E-state index in [1.54, 1.807) is 24.4 Å². The largest absolute Gasteiger partial charge is 0.481 e. The number of hydrazine groups is 1. The van der Waals surface area contributed by atoms with Crippen LogP contribution >= 0.6 is 0 Å². The molecule has 1 aromatic heterocycles. The van der Waals surface area contributed by atoms with Crippen LogP contribution in [-0.2, 0) is 4.79 Å². The molecular formula is C21H23F2N5O2. The monoisotopic (exact) mass is 415 g/mol. The molecule has 1 aromatic carbocycles. The molecule has 2 aromatic rings. The van der Waals surface area contributed by atoms with Crippen molar-refractivity contribution in [2.24, 2.45) is 5.41 Å². The van der Waals surface area contributed by atoms with Gasteiger partial charge in [-0.05, 0) is 37.0 Å². The van der Waals surface area contributed by atoms with Crippen molar-refractivity contribution in [3.8, 4) is 5.88 Å². The van der Waals surface area contributed by atoms with Gasteiger partial charge in [-0.25, -0.2) is 18.8 Å². The van der Waals surface area contributed by atoms with Gasteiger partial charge in [0.15, 0.2) is 0 Å². The Labute approximate surface area is 173 Å². The summed E-state index contributed by atoms with van der Waals surface area (Å²) in [5.74, 6) is -0.0635. The lowest BCUT2D eigenvalue weighted by molar-refractivity contribution is -0.143. The van der Waals surface area contributed by atoms with Gasteiger partial charge in [-0.1, -0.05) is 0 Å². The van der Waals surface area contributed by atoms with Crippen molar-refractivity contribution in [3.05, 3.63) is 47.7 Å². The van der Waals surface area contributed by atoms with Crippen molar-refractivity contribution >= 4 is 11.9 Å². The first-order valence-corrected chi connectivity index (χ1v) is 10.2. The Morgan fingerprint density at radius 1 is 1.13 bits per heavy atom. The van der Waals surface area contributed by atoms with E-state index in [4.69, 9.17) is 4.74 Å². The molecule has 0 radical (unpaired) electrons. The number of hydrogen-bond donors (Lipinski definition) is 0. The first-order chi connectivity index (χ1) is 14.5. The van der Waals surface area contributed by atoms with Gasteiger partial charge in [0.1, 0.15) is 11.6 Å². The standard InChI is InChI=1S/C21H23F2N5O2/c1-30-18-2-6-24-20(25-18)26-8-4-21(5-9-26)13-27-7-3-17(28(27)19(21)29)14-10-15(22)12-16(23)11-14/h2,6,10-12,17H,3-5,7-9,13H2,1H3/t17-/m0/s1. The summed E-state index contributed by atoms with van der Waals surface area (Å²) < 4.78 is 32.7. The normalized spacial score (nSPS) is 23.3. The second-order valence-corrected chi connectivity index (χ2v) is 8.21. The van der Waals surface area contributed by atoms with Crippen molar-refractivity contribution in [3.63, 3.8) is 0 Å². The number of piperidine rings is 1. The van der Waals surface area contributed by atoms with Crippen LogP contribution in [-0.4, -0.2) is 59.2 Å². The van der Waals surface area contributed by atoms with Crippen LogP contribution in [0.2, 0.25) is 0 Å². The third-order valence-electron chi connectivity index (χ3n) is 6.51. The summed E-state index contributed by atoms with van der Waals surface area (Å²) in [7, 11) is 1.57. The van der Waals surface area contributed by atoms with Gasteiger partial charge in [-0.3, -0.25) is 9.80 Å². The third kappa shape index (κ3) is 3.08. The van der Waals surface area contributed by atoms with Crippen LogP contribution in [0.1, 0.15) is 30.9 Å². The molecule has 0 saturated carbocycles. The van der Waals surface area contributed by atoms with Crippen molar-refractivity contribution < 1.29 is 18.3 Å². The van der Waals surface area contributed by atoms with E-state index in [2.05, 4.69) is 14.9 Å². The van der Waals surface area contributed by atoms with Gasteiger partial charge in [0, 0.05) is 44.5 Å². The van der Waals surface area contributed by atoms with Gasteiger partial charge < -0.3 is 9.64 Å². The summed E-state index contributed by atoms with van der Waals surface area (Å²) in [5.41, 5.74) is 0.0440. The first kappa shape index (κ1) is 19.2. The third-order valence-corrected chi connectivity index (χ3v) is 6.51. The Morgan fingerprint density at radius 3 is 2.57 bits per heavy atom. The number of halogens is 2. The minimum atomic E-state index is -0.614. The average Bonchev–Trinajstić information content (AvgIpc) is 3.26. The number of ether oxygens (including phenoxy) is 1. The molecule has 0 aliphatic carbocycles. The Bertz CT molecular complexity index is 959. The molecule has 3 aliphatic rings. The number of benzene rings is 1. The molecule has 0 bridgehead atoms. The summed E-state index contributed by atoms with van der Waals surface area (Å²) >= 11 is 0. The lowest BCUT2D eigenvalue weighted by atomic mass is 9.78. The molecule has 3 fully saturated rings. The molecule has 0 unspecified atom stereocenters. The lowest BCUT2D eigenvalue weighted by Crippen LogP contribution is -2.46. The van der Waals surface area contributed by atoms with Crippen molar-refractivity contribution in [1.29, 1.82) is 0 Å². The van der Waals surface area contributed by atoms with Crippen LogP contribution < -0.4 is 9.64 Å². The fourth-order valence-corrected chi connectivity index (χ4v) is 4.96. The Kier molecular flexibility index (Phi) is 4.57. The van der Waals surface area contributed by atoms with E-state index in [0.717, 1.165) is 6.07 Å². The van der Waals surface area contributed by atoms with Gasteiger partial charge in [-0.2, -0.15) is 4.98 Å². The number of carbonyl (C=O) groups is 1. The Hall–Kier alpha value is -2.81. The SMILES string of the molecule is COc1ccnc(N2CCC3(CC2)CN2CC[C@@H](c4cc(F)cc(F)c4)N2C3=O)n1. The summed E-state index contributed by atoms with van der Waals surface area (Å²) in [6.45, 7) is 2.69. The summed E-state index contributed by atoms with van der Waals surface area (Å²) in [6.07, 6.45) is 3.71. The predicted molar refractivity (Wildman–Crippen MR) is 105 cm³/mol. The highest BCUT2D eigenvalue weighted by Crippen LogP contribution is 2.47. The molecule has 3 saturated heterocycles. The van der Waals surface area contributed by atoms with E-state index in [9.17, 15) is 13.6 Å². The second kappa shape index (κ2) is 7.16.